The average Bonchev–Trinajstić information content (AvgIpc) is 2.33. The molecule has 1 saturated carbocycles. The molecule has 1 aliphatic carbocycles. The van der Waals surface area contributed by atoms with Gasteiger partial charge in [-0.3, -0.25) is 9.78 Å². The maximum atomic E-state index is 11.8. The van der Waals surface area contributed by atoms with Crippen LogP contribution in [0.2, 0.25) is 0 Å². The molecular weight excluding hydrogens is 230 g/mol. The predicted molar refractivity (Wildman–Crippen MR) is 69.8 cm³/mol. The molecule has 3 rings (SSSR count). The zero-order valence-corrected chi connectivity index (χ0v) is 10.1. The first-order valence-corrected chi connectivity index (χ1v) is 6.04. The summed E-state index contributed by atoms with van der Waals surface area (Å²) in [5.74, 6) is 0.540. The lowest BCUT2D eigenvalue weighted by Crippen LogP contribution is -2.40. The van der Waals surface area contributed by atoms with Crippen LogP contribution in [0.4, 0.5) is 5.95 Å². The summed E-state index contributed by atoms with van der Waals surface area (Å²) < 4.78 is 5.22. The summed E-state index contributed by atoms with van der Waals surface area (Å²) in [5.41, 5.74) is 0.608. The molecule has 0 saturated heterocycles. The molecule has 94 valence electrons. The van der Waals surface area contributed by atoms with Gasteiger partial charge in [0.2, 0.25) is 5.95 Å². The molecule has 5 nitrogen and oxygen atoms in total. The fourth-order valence-electron chi connectivity index (χ4n) is 2.22. The van der Waals surface area contributed by atoms with Crippen LogP contribution in [0.1, 0.15) is 12.8 Å². The van der Waals surface area contributed by atoms with Gasteiger partial charge < -0.3 is 10.1 Å². The van der Waals surface area contributed by atoms with Crippen molar-refractivity contribution < 1.29 is 4.74 Å². The lowest BCUT2D eigenvalue weighted by Gasteiger charge is -2.34. The molecule has 0 atom stereocenters. The molecule has 5 heteroatoms. The first-order chi connectivity index (χ1) is 8.76. The van der Waals surface area contributed by atoms with Crippen molar-refractivity contribution in [1.29, 1.82) is 0 Å². The van der Waals surface area contributed by atoms with E-state index in [0.717, 1.165) is 12.8 Å². The summed E-state index contributed by atoms with van der Waals surface area (Å²) in [6.45, 7) is 0. The molecule has 1 heterocycles. The van der Waals surface area contributed by atoms with Crippen LogP contribution in [0, 0.1) is 0 Å². The quantitative estimate of drug-likeness (QED) is 0.860. The summed E-state index contributed by atoms with van der Waals surface area (Å²) in [7, 11) is 1.72. The summed E-state index contributed by atoms with van der Waals surface area (Å²) in [5, 5.41) is 3.85. The third-order valence-corrected chi connectivity index (χ3v) is 3.38. The average molecular weight is 245 g/mol. The summed E-state index contributed by atoms with van der Waals surface area (Å²) in [4.78, 5) is 19.0. The van der Waals surface area contributed by atoms with Crippen LogP contribution in [-0.4, -0.2) is 29.2 Å². The second-order valence-corrected chi connectivity index (χ2v) is 4.60. The molecule has 0 radical (unpaired) electrons. The number of H-pyrrole nitrogens is 1. The van der Waals surface area contributed by atoms with E-state index in [1.54, 1.807) is 13.2 Å². The number of aromatic nitrogens is 2. The van der Waals surface area contributed by atoms with Gasteiger partial charge in [-0.2, -0.15) is 0 Å². The van der Waals surface area contributed by atoms with Crippen molar-refractivity contribution in [2.75, 3.05) is 12.4 Å². The number of anilines is 1. The van der Waals surface area contributed by atoms with E-state index in [4.69, 9.17) is 4.74 Å². The zero-order chi connectivity index (χ0) is 12.5. The number of rotatable bonds is 3. The number of hydrogen-bond donors (Lipinski definition) is 2. The predicted octanol–water partition coefficient (Wildman–Crippen LogP) is 1.51. The topological polar surface area (TPSA) is 67.0 Å². The number of para-hydroxylation sites is 1. The van der Waals surface area contributed by atoms with E-state index in [1.165, 1.54) is 0 Å². The Hall–Kier alpha value is -1.88. The third kappa shape index (κ3) is 1.97. The van der Waals surface area contributed by atoms with Crippen molar-refractivity contribution in [2.45, 2.75) is 25.0 Å². The monoisotopic (exact) mass is 245 g/mol. The highest BCUT2D eigenvalue weighted by molar-refractivity contribution is 5.78. The van der Waals surface area contributed by atoms with E-state index in [1.807, 2.05) is 18.2 Å². The van der Waals surface area contributed by atoms with Gasteiger partial charge in [0, 0.05) is 13.2 Å². The fraction of sp³-hybridized carbons (Fsp3) is 0.385. The first-order valence-electron chi connectivity index (χ1n) is 6.04. The van der Waals surface area contributed by atoms with Gasteiger partial charge in [-0.25, -0.2) is 4.98 Å². The lowest BCUT2D eigenvalue weighted by atomic mass is 9.89. The standard InChI is InChI=1S/C13H15N3O2/c1-18-9-6-8(7-9)14-13-15-11-5-3-2-4-10(11)12(17)16-13/h2-5,8-9H,6-7H2,1H3,(H2,14,15,16,17). The molecule has 1 aromatic carbocycles. The number of aromatic amines is 1. The smallest absolute Gasteiger partial charge is 0.260 e. The number of nitrogens with one attached hydrogen (secondary N) is 2. The summed E-state index contributed by atoms with van der Waals surface area (Å²) in [6.07, 6.45) is 2.23. The molecular formula is C13H15N3O2. The Kier molecular flexibility index (Phi) is 2.76. The van der Waals surface area contributed by atoms with Gasteiger partial charge in [0.15, 0.2) is 0 Å². The number of benzene rings is 1. The highest BCUT2D eigenvalue weighted by Gasteiger charge is 2.29. The normalized spacial score (nSPS) is 22.7. The van der Waals surface area contributed by atoms with E-state index < -0.39 is 0 Å². The van der Waals surface area contributed by atoms with Crippen molar-refractivity contribution in [3.63, 3.8) is 0 Å². The van der Waals surface area contributed by atoms with Crippen molar-refractivity contribution >= 4 is 16.9 Å². The molecule has 0 amide bonds. The Balaban J connectivity index is 1.83. The molecule has 18 heavy (non-hydrogen) atoms. The van der Waals surface area contributed by atoms with Crippen LogP contribution in [0.3, 0.4) is 0 Å². The van der Waals surface area contributed by atoms with Gasteiger partial charge in [-0.15, -0.1) is 0 Å². The first kappa shape index (κ1) is 11.2. The minimum absolute atomic E-state index is 0.106. The molecule has 0 bridgehead atoms. The minimum atomic E-state index is -0.106. The van der Waals surface area contributed by atoms with Gasteiger partial charge in [0.25, 0.3) is 5.56 Å². The molecule has 2 N–H and O–H groups in total. The number of methoxy groups -OCH3 is 1. The van der Waals surface area contributed by atoms with Crippen LogP contribution in [-0.2, 0) is 4.74 Å². The molecule has 0 unspecified atom stereocenters. The van der Waals surface area contributed by atoms with Gasteiger partial charge in [-0.1, -0.05) is 12.1 Å². The SMILES string of the molecule is COC1CC(Nc2nc3ccccc3c(=O)[nH]2)C1. The fourth-order valence-corrected chi connectivity index (χ4v) is 2.22. The van der Waals surface area contributed by atoms with Crippen molar-refractivity contribution in [1.82, 2.24) is 9.97 Å². The second kappa shape index (κ2) is 4.42. The Labute approximate surface area is 104 Å². The van der Waals surface area contributed by atoms with E-state index in [-0.39, 0.29) is 5.56 Å². The second-order valence-electron chi connectivity index (χ2n) is 4.60. The van der Waals surface area contributed by atoms with Crippen LogP contribution >= 0.6 is 0 Å². The highest BCUT2D eigenvalue weighted by Crippen LogP contribution is 2.25. The van der Waals surface area contributed by atoms with Crippen molar-refractivity contribution in [3.8, 4) is 0 Å². The molecule has 0 spiro atoms. The molecule has 1 fully saturated rings. The number of ether oxygens (including phenoxy) is 1. The molecule has 2 aromatic rings. The van der Waals surface area contributed by atoms with E-state index in [0.29, 0.717) is 29.0 Å². The van der Waals surface area contributed by atoms with Crippen LogP contribution in [0.15, 0.2) is 29.1 Å². The Morgan fingerprint density at radius 3 is 2.94 bits per heavy atom. The van der Waals surface area contributed by atoms with Crippen LogP contribution in [0.5, 0.6) is 0 Å². The highest BCUT2D eigenvalue weighted by atomic mass is 16.5. The van der Waals surface area contributed by atoms with Gasteiger partial charge in [0.1, 0.15) is 0 Å². The van der Waals surface area contributed by atoms with Crippen molar-refractivity contribution in [2.24, 2.45) is 0 Å². The third-order valence-electron chi connectivity index (χ3n) is 3.38. The van der Waals surface area contributed by atoms with E-state index in [2.05, 4.69) is 15.3 Å². The van der Waals surface area contributed by atoms with Crippen LogP contribution < -0.4 is 10.9 Å². The van der Waals surface area contributed by atoms with E-state index in [9.17, 15) is 4.79 Å². The van der Waals surface area contributed by atoms with Crippen molar-refractivity contribution in [3.05, 3.63) is 34.6 Å². The number of fused-ring (bicyclic) bond motifs is 1. The Morgan fingerprint density at radius 1 is 1.39 bits per heavy atom. The van der Waals surface area contributed by atoms with E-state index >= 15 is 0 Å². The lowest BCUT2D eigenvalue weighted by molar-refractivity contribution is 0.0327. The maximum absolute atomic E-state index is 11.8. The Bertz CT molecular complexity index is 617. The summed E-state index contributed by atoms with van der Waals surface area (Å²) in [6, 6.07) is 7.66. The molecule has 0 aliphatic heterocycles. The molecule has 1 aromatic heterocycles. The number of nitrogens with zero attached hydrogens (tertiary/aromatic N) is 1. The minimum Gasteiger partial charge on any atom is -0.381 e. The Morgan fingerprint density at radius 2 is 2.17 bits per heavy atom. The van der Waals surface area contributed by atoms with Crippen LogP contribution in [0.25, 0.3) is 10.9 Å². The number of hydrogen-bond acceptors (Lipinski definition) is 4. The van der Waals surface area contributed by atoms with Gasteiger partial charge in [-0.05, 0) is 25.0 Å². The van der Waals surface area contributed by atoms with Gasteiger partial charge in [0.05, 0.1) is 17.0 Å². The largest absolute Gasteiger partial charge is 0.381 e. The maximum Gasteiger partial charge on any atom is 0.260 e. The summed E-state index contributed by atoms with van der Waals surface area (Å²) >= 11 is 0. The molecule has 1 aliphatic rings. The van der Waals surface area contributed by atoms with Gasteiger partial charge >= 0.3 is 0 Å². The zero-order valence-electron chi connectivity index (χ0n) is 10.1.